The average Bonchev–Trinajstić information content (AvgIpc) is 2.35. The van der Waals surface area contributed by atoms with Gasteiger partial charge in [-0.2, -0.15) is 0 Å². The second-order valence-corrected chi connectivity index (χ2v) is 4.87. The van der Waals surface area contributed by atoms with Crippen LogP contribution in [0.25, 0.3) is 0 Å². The molecular formula is C12H17N3O4. The van der Waals surface area contributed by atoms with Gasteiger partial charge in [0, 0.05) is 6.07 Å². The molecule has 1 aromatic rings. The van der Waals surface area contributed by atoms with Crippen molar-refractivity contribution in [1.82, 2.24) is 5.43 Å². The minimum Gasteiger partial charge on any atom is -0.486 e. The molecule has 0 saturated heterocycles. The van der Waals surface area contributed by atoms with Crippen LogP contribution in [0.1, 0.15) is 19.4 Å². The highest BCUT2D eigenvalue weighted by Crippen LogP contribution is 2.29. The number of nitrogens with two attached hydrogens (primary N) is 1. The molecule has 0 atom stereocenters. The van der Waals surface area contributed by atoms with Crippen molar-refractivity contribution >= 4 is 11.6 Å². The molecule has 0 fully saturated rings. The van der Waals surface area contributed by atoms with Crippen LogP contribution in [-0.4, -0.2) is 17.4 Å². The van der Waals surface area contributed by atoms with Crippen molar-refractivity contribution in [2.75, 3.05) is 6.61 Å². The van der Waals surface area contributed by atoms with Crippen molar-refractivity contribution in [1.29, 1.82) is 0 Å². The summed E-state index contributed by atoms with van der Waals surface area (Å²) < 4.78 is 5.41. The summed E-state index contributed by atoms with van der Waals surface area (Å²) in [4.78, 5) is 21.8. The molecule has 0 heterocycles. The topological polar surface area (TPSA) is 107 Å². The van der Waals surface area contributed by atoms with Crippen LogP contribution < -0.4 is 16.0 Å². The summed E-state index contributed by atoms with van der Waals surface area (Å²) >= 11 is 0. The van der Waals surface area contributed by atoms with Crippen LogP contribution in [0.4, 0.5) is 5.69 Å². The van der Waals surface area contributed by atoms with E-state index < -0.39 is 16.2 Å². The largest absolute Gasteiger partial charge is 0.486 e. The number of nitrogens with zero attached hydrogens (tertiary/aromatic N) is 1. The fraction of sp³-hybridized carbons (Fsp3) is 0.417. The Labute approximate surface area is 110 Å². The standard InChI is InChI=1S/C12H17N3O4/c1-8-4-5-9(15(17)18)10(6-8)19-7-12(2,3)11(16)14-13/h4-6H,7,13H2,1-3H3,(H,14,16). The molecule has 7 heteroatoms. The Bertz CT molecular complexity index is 500. The van der Waals surface area contributed by atoms with Gasteiger partial charge in [0.25, 0.3) is 0 Å². The molecule has 1 aromatic carbocycles. The number of rotatable bonds is 5. The van der Waals surface area contributed by atoms with E-state index in [4.69, 9.17) is 10.6 Å². The van der Waals surface area contributed by atoms with E-state index in [9.17, 15) is 14.9 Å². The van der Waals surface area contributed by atoms with Crippen LogP contribution in [0.2, 0.25) is 0 Å². The van der Waals surface area contributed by atoms with E-state index in [1.54, 1.807) is 32.9 Å². The van der Waals surface area contributed by atoms with Gasteiger partial charge in [-0.25, -0.2) is 5.84 Å². The smallest absolute Gasteiger partial charge is 0.310 e. The number of amides is 1. The Balaban J connectivity index is 2.91. The van der Waals surface area contributed by atoms with E-state index >= 15 is 0 Å². The van der Waals surface area contributed by atoms with Gasteiger partial charge in [-0.05, 0) is 32.4 Å². The monoisotopic (exact) mass is 267 g/mol. The third-order valence-corrected chi connectivity index (χ3v) is 2.65. The van der Waals surface area contributed by atoms with E-state index in [1.165, 1.54) is 6.07 Å². The zero-order chi connectivity index (χ0) is 14.6. The first-order chi connectivity index (χ1) is 8.77. The fourth-order valence-electron chi connectivity index (χ4n) is 1.41. The lowest BCUT2D eigenvalue weighted by molar-refractivity contribution is -0.386. The van der Waals surface area contributed by atoms with Crippen LogP contribution in [0.3, 0.4) is 0 Å². The van der Waals surface area contributed by atoms with Gasteiger partial charge in [0.2, 0.25) is 5.91 Å². The highest BCUT2D eigenvalue weighted by molar-refractivity contribution is 5.81. The summed E-state index contributed by atoms with van der Waals surface area (Å²) in [6, 6.07) is 4.57. The van der Waals surface area contributed by atoms with Crippen LogP contribution >= 0.6 is 0 Å². The van der Waals surface area contributed by atoms with Gasteiger partial charge in [-0.1, -0.05) is 6.07 Å². The number of benzene rings is 1. The van der Waals surface area contributed by atoms with Gasteiger partial charge < -0.3 is 4.74 Å². The molecule has 3 N–H and O–H groups in total. The maximum atomic E-state index is 11.5. The van der Waals surface area contributed by atoms with E-state index in [1.807, 2.05) is 5.43 Å². The number of hydrogen-bond donors (Lipinski definition) is 2. The molecule has 0 bridgehead atoms. The van der Waals surface area contributed by atoms with Gasteiger partial charge in [0.1, 0.15) is 6.61 Å². The molecule has 0 radical (unpaired) electrons. The summed E-state index contributed by atoms with van der Waals surface area (Å²) in [5, 5.41) is 10.9. The highest BCUT2D eigenvalue weighted by Gasteiger charge is 2.29. The normalized spacial score (nSPS) is 10.9. The predicted octanol–water partition coefficient (Wildman–Crippen LogP) is 1.30. The van der Waals surface area contributed by atoms with Gasteiger partial charge in [-0.15, -0.1) is 0 Å². The Morgan fingerprint density at radius 2 is 2.16 bits per heavy atom. The Morgan fingerprint density at radius 3 is 2.68 bits per heavy atom. The van der Waals surface area contributed by atoms with E-state index in [0.29, 0.717) is 0 Å². The number of carbonyl (C=O) groups is 1. The van der Waals surface area contributed by atoms with Crippen molar-refractivity contribution in [2.24, 2.45) is 11.3 Å². The van der Waals surface area contributed by atoms with Gasteiger partial charge in [0.15, 0.2) is 5.75 Å². The molecule has 0 aliphatic heterocycles. The van der Waals surface area contributed by atoms with Crippen molar-refractivity contribution in [3.63, 3.8) is 0 Å². The molecule has 19 heavy (non-hydrogen) atoms. The molecule has 7 nitrogen and oxygen atoms in total. The number of nitrogens with one attached hydrogen (secondary N) is 1. The zero-order valence-corrected chi connectivity index (χ0v) is 11.1. The summed E-state index contributed by atoms with van der Waals surface area (Å²) in [6.45, 7) is 5.06. The van der Waals surface area contributed by atoms with Crippen LogP contribution in [0.15, 0.2) is 18.2 Å². The minimum atomic E-state index is -0.883. The molecule has 1 amide bonds. The van der Waals surface area contributed by atoms with Crippen LogP contribution in [0.5, 0.6) is 5.75 Å². The van der Waals surface area contributed by atoms with E-state index in [2.05, 4.69) is 0 Å². The Hall–Kier alpha value is -2.15. The summed E-state index contributed by atoms with van der Waals surface area (Å²) in [5.41, 5.74) is 1.86. The molecule has 0 unspecified atom stereocenters. The number of ether oxygens (including phenoxy) is 1. The number of nitro benzene ring substituents is 1. The molecule has 104 valence electrons. The van der Waals surface area contributed by atoms with Crippen molar-refractivity contribution in [3.05, 3.63) is 33.9 Å². The third-order valence-electron chi connectivity index (χ3n) is 2.65. The summed E-state index contributed by atoms with van der Waals surface area (Å²) in [5.74, 6) is 4.81. The first kappa shape index (κ1) is 14.9. The van der Waals surface area contributed by atoms with E-state index in [0.717, 1.165) is 5.56 Å². The Kier molecular flexibility index (Phi) is 4.44. The van der Waals surface area contributed by atoms with Gasteiger partial charge in [-0.3, -0.25) is 20.3 Å². The van der Waals surface area contributed by atoms with Crippen LogP contribution in [0, 0.1) is 22.5 Å². The number of nitro groups is 1. The van der Waals surface area contributed by atoms with E-state index in [-0.39, 0.29) is 18.0 Å². The maximum absolute atomic E-state index is 11.5. The van der Waals surface area contributed by atoms with Crippen molar-refractivity contribution < 1.29 is 14.5 Å². The first-order valence-electron chi connectivity index (χ1n) is 5.67. The van der Waals surface area contributed by atoms with Gasteiger partial charge >= 0.3 is 5.69 Å². The summed E-state index contributed by atoms with van der Waals surface area (Å²) in [7, 11) is 0. The number of aryl methyl sites for hydroxylation is 1. The molecular weight excluding hydrogens is 250 g/mol. The molecule has 0 saturated carbocycles. The number of carbonyl (C=O) groups excluding carboxylic acids is 1. The SMILES string of the molecule is Cc1ccc([N+](=O)[O-])c(OCC(C)(C)C(=O)NN)c1. The predicted molar refractivity (Wildman–Crippen MR) is 69.4 cm³/mol. The minimum absolute atomic E-state index is 0.0136. The quantitative estimate of drug-likeness (QED) is 0.362. The lowest BCUT2D eigenvalue weighted by atomic mass is 9.94. The zero-order valence-electron chi connectivity index (χ0n) is 11.1. The fourth-order valence-corrected chi connectivity index (χ4v) is 1.41. The lowest BCUT2D eigenvalue weighted by Gasteiger charge is -2.22. The second kappa shape index (κ2) is 5.66. The van der Waals surface area contributed by atoms with Crippen molar-refractivity contribution in [2.45, 2.75) is 20.8 Å². The molecule has 0 aliphatic carbocycles. The number of hydrogen-bond acceptors (Lipinski definition) is 5. The molecule has 0 aromatic heterocycles. The number of hydrazine groups is 1. The lowest BCUT2D eigenvalue weighted by Crippen LogP contribution is -2.44. The third kappa shape index (κ3) is 3.65. The highest BCUT2D eigenvalue weighted by atomic mass is 16.6. The maximum Gasteiger partial charge on any atom is 0.310 e. The molecule has 0 spiro atoms. The first-order valence-corrected chi connectivity index (χ1v) is 5.67. The Morgan fingerprint density at radius 1 is 1.53 bits per heavy atom. The van der Waals surface area contributed by atoms with Gasteiger partial charge in [0.05, 0.1) is 10.3 Å². The van der Waals surface area contributed by atoms with Crippen molar-refractivity contribution in [3.8, 4) is 5.75 Å². The summed E-state index contributed by atoms with van der Waals surface area (Å²) in [6.07, 6.45) is 0. The second-order valence-electron chi connectivity index (χ2n) is 4.87. The molecule has 1 rings (SSSR count). The average molecular weight is 267 g/mol. The van der Waals surface area contributed by atoms with Crippen LogP contribution in [-0.2, 0) is 4.79 Å². The molecule has 0 aliphatic rings.